The second-order valence-electron chi connectivity index (χ2n) is 6.55. The predicted octanol–water partition coefficient (Wildman–Crippen LogP) is 5.38. The van der Waals surface area contributed by atoms with Crippen molar-refractivity contribution in [1.82, 2.24) is 4.57 Å². The topological polar surface area (TPSA) is 40.5 Å². The molecule has 0 N–H and O–H groups in total. The van der Waals surface area contributed by atoms with Gasteiger partial charge in [-0.15, -0.1) is 0 Å². The highest BCUT2D eigenvalue weighted by Crippen LogP contribution is 2.30. The first-order chi connectivity index (χ1) is 13.7. The molecule has 7 heteroatoms. The van der Waals surface area contributed by atoms with Crippen molar-refractivity contribution in [3.05, 3.63) is 77.1 Å². The van der Waals surface area contributed by atoms with Gasteiger partial charge in [-0.05, 0) is 68.4 Å². The number of nitrogens with zero attached hydrogens (tertiary/aromatic N) is 1. The van der Waals surface area contributed by atoms with Gasteiger partial charge in [0.25, 0.3) is 0 Å². The number of carbonyl (C=O) groups excluding carboxylic acids is 1. The van der Waals surface area contributed by atoms with Crippen LogP contribution in [0.15, 0.2) is 54.6 Å². The van der Waals surface area contributed by atoms with Crippen LogP contribution in [0.1, 0.15) is 27.3 Å². The van der Waals surface area contributed by atoms with Gasteiger partial charge in [0, 0.05) is 22.6 Å². The van der Waals surface area contributed by atoms with E-state index < -0.39 is 11.7 Å². The van der Waals surface area contributed by atoms with Gasteiger partial charge in [-0.2, -0.15) is 13.2 Å². The first-order valence-electron chi connectivity index (χ1n) is 8.87. The molecule has 2 aromatic carbocycles. The predicted molar refractivity (Wildman–Crippen MR) is 103 cm³/mol. The molecule has 0 saturated carbocycles. The van der Waals surface area contributed by atoms with Crippen LogP contribution in [0.3, 0.4) is 0 Å². The van der Waals surface area contributed by atoms with Crippen LogP contribution >= 0.6 is 0 Å². The van der Waals surface area contributed by atoms with Crippen LogP contribution in [0.25, 0.3) is 5.69 Å². The van der Waals surface area contributed by atoms with Crippen molar-refractivity contribution in [2.45, 2.75) is 20.0 Å². The van der Waals surface area contributed by atoms with Crippen LogP contribution in [0.2, 0.25) is 0 Å². The molecule has 3 rings (SSSR count). The van der Waals surface area contributed by atoms with E-state index in [1.54, 1.807) is 13.2 Å². The van der Waals surface area contributed by atoms with Gasteiger partial charge in [-0.3, -0.25) is 4.79 Å². The third-order valence-electron chi connectivity index (χ3n) is 4.61. The number of halogens is 3. The average Bonchev–Trinajstić information content (AvgIpc) is 3.00. The van der Waals surface area contributed by atoms with Gasteiger partial charge in [0.05, 0.1) is 12.7 Å². The Bertz CT molecular complexity index is 1000. The minimum Gasteiger partial charge on any atom is -0.497 e. The zero-order valence-corrected chi connectivity index (χ0v) is 16.2. The molecule has 0 bridgehead atoms. The fourth-order valence-electron chi connectivity index (χ4n) is 3.14. The summed E-state index contributed by atoms with van der Waals surface area (Å²) < 4.78 is 50.4. The summed E-state index contributed by atoms with van der Waals surface area (Å²) in [5.41, 5.74) is 2.27. The van der Waals surface area contributed by atoms with Crippen LogP contribution in [0.4, 0.5) is 13.2 Å². The highest BCUT2D eigenvalue weighted by atomic mass is 19.4. The lowest BCUT2D eigenvalue weighted by Crippen LogP contribution is -2.13. The summed E-state index contributed by atoms with van der Waals surface area (Å²) >= 11 is 0. The molecule has 0 spiro atoms. The highest BCUT2D eigenvalue weighted by molar-refractivity contribution is 5.98. The Morgan fingerprint density at radius 2 is 1.55 bits per heavy atom. The molecule has 0 fully saturated rings. The highest BCUT2D eigenvalue weighted by Gasteiger charge is 2.30. The van der Waals surface area contributed by atoms with Gasteiger partial charge in [0.15, 0.2) is 6.61 Å². The van der Waals surface area contributed by atoms with Crippen LogP contribution < -0.4 is 9.47 Å². The molecule has 0 atom stereocenters. The molecule has 0 saturated heterocycles. The van der Waals surface area contributed by atoms with Crippen LogP contribution in [-0.2, 0) is 6.18 Å². The van der Waals surface area contributed by atoms with E-state index in [0.717, 1.165) is 35.0 Å². The number of aromatic nitrogens is 1. The number of benzene rings is 2. The SMILES string of the molecule is COc1ccc(-n2c(C)cc(C(=O)COc3ccc(C(F)(F)F)cc3)c2C)cc1. The second kappa shape index (κ2) is 8.03. The van der Waals surface area contributed by atoms with Gasteiger partial charge >= 0.3 is 6.18 Å². The zero-order valence-electron chi connectivity index (χ0n) is 16.2. The molecule has 29 heavy (non-hydrogen) atoms. The lowest BCUT2D eigenvalue weighted by molar-refractivity contribution is -0.137. The quantitative estimate of drug-likeness (QED) is 0.519. The van der Waals surface area contributed by atoms with E-state index in [2.05, 4.69) is 0 Å². The minimum atomic E-state index is -4.41. The number of methoxy groups -OCH3 is 1. The number of aryl methyl sites for hydroxylation is 1. The molecule has 0 aliphatic rings. The molecule has 0 radical (unpaired) electrons. The fraction of sp³-hybridized carbons (Fsp3) is 0.227. The van der Waals surface area contributed by atoms with Gasteiger partial charge in [0.1, 0.15) is 11.5 Å². The van der Waals surface area contributed by atoms with Crippen molar-refractivity contribution in [1.29, 1.82) is 0 Å². The molecule has 4 nitrogen and oxygen atoms in total. The first-order valence-corrected chi connectivity index (χ1v) is 8.87. The first kappa shape index (κ1) is 20.5. The number of rotatable bonds is 6. The Balaban J connectivity index is 1.74. The largest absolute Gasteiger partial charge is 0.497 e. The smallest absolute Gasteiger partial charge is 0.416 e. The molecule has 1 heterocycles. The lowest BCUT2D eigenvalue weighted by atomic mass is 10.1. The number of Topliss-reactive ketones (excluding diaryl/α,β-unsaturated/α-hetero) is 1. The Kier molecular flexibility index (Phi) is 5.68. The summed E-state index contributed by atoms with van der Waals surface area (Å²) in [5, 5.41) is 0. The fourth-order valence-corrected chi connectivity index (χ4v) is 3.14. The third kappa shape index (κ3) is 4.45. The van der Waals surface area contributed by atoms with Gasteiger partial charge < -0.3 is 14.0 Å². The number of hydrogen-bond donors (Lipinski definition) is 0. The normalized spacial score (nSPS) is 11.4. The van der Waals surface area contributed by atoms with Gasteiger partial charge in [-0.1, -0.05) is 0 Å². The summed E-state index contributed by atoms with van der Waals surface area (Å²) in [7, 11) is 1.59. The standard InChI is InChI=1S/C22H20F3NO3/c1-14-12-20(15(2)26(14)17-6-10-18(28-3)11-7-17)21(27)13-29-19-8-4-16(5-9-19)22(23,24)25/h4-12H,13H2,1-3H3. The maximum atomic E-state index is 12.6. The maximum absolute atomic E-state index is 12.6. The van der Waals surface area contributed by atoms with Crippen LogP contribution in [0, 0.1) is 13.8 Å². The summed E-state index contributed by atoms with van der Waals surface area (Å²) in [6.07, 6.45) is -4.41. The van der Waals surface area contributed by atoms with E-state index in [0.29, 0.717) is 5.56 Å². The molecule has 1 aromatic heterocycles. The number of alkyl halides is 3. The number of hydrogen-bond acceptors (Lipinski definition) is 3. The Morgan fingerprint density at radius 3 is 2.10 bits per heavy atom. The van der Waals surface area contributed by atoms with Crippen molar-refractivity contribution in [2.24, 2.45) is 0 Å². The van der Waals surface area contributed by atoms with Crippen molar-refractivity contribution < 1.29 is 27.4 Å². The van der Waals surface area contributed by atoms with E-state index in [1.807, 2.05) is 42.7 Å². The van der Waals surface area contributed by atoms with Crippen molar-refractivity contribution in [2.75, 3.05) is 13.7 Å². The van der Waals surface area contributed by atoms with E-state index in [-0.39, 0.29) is 18.1 Å². The van der Waals surface area contributed by atoms with Crippen molar-refractivity contribution in [3.63, 3.8) is 0 Å². The van der Waals surface area contributed by atoms with E-state index in [1.165, 1.54) is 12.1 Å². The van der Waals surface area contributed by atoms with Crippen LogP contribution in [-0.4, -0.2) is 24.1 Å². The van der Waals surface area contributed by atoms with E-state index in [9.17, 15) is 18.0 Å². The summed E-state index contributed by atoms with van der Waals surface area (Å²) in [4.78, 5) is 12.6. The summed E-state index contributed by atoms with van der Waals surface area (Å²) in [5.74, 6) is 0.686. The molecule has 152 valence electrons. The number of ether oxygens (including phenoxy) is 2. The summed E-state index contributed by atoms with van der Waals surface area (Å²) in [6, 6.07) is 13.5. The molecule has 3 aromatic rings. The molecule has 0 aliphatic carbocycles. The average molecular weight is 403 g/mol. The number of ketones is 1. The molecular weight excluding hydrogens is 383 g/mol. The number of carbonyl (C=O) groups is 1. The second-order valence-corrected chi connectivity index (χ2v) is 6.55. The third-order valence-corrected chi connectivity index (χ3v) is 4.61. The van der Waals surface area contributed by atoms with Crippen molar-refractivity contribution in [3.8, 4) is 17.2 Å². The van der Waals surface area contributed by atoms with Gasteiger partial charge in [-0.25, -0.2) is 0 Å². The Labute approximate surface area is 166 Å². The Hall–Kier alpha value is -3.22. The van der Waals surface area contributed by atoms with Crippen LogP contribution in [0.5, 0.6) is 11.5 Å². The van der Waals surface area contributed by atoms with Gasteiger partial charge in [0.2, 0.25) is 5.78 Å². The monoisotopic (exact) mass is 403 g/mol. The summed E-state index contributed by atoms with van der Waals surface area (Å²) in [6.45, 7) is 3.46. The van der Waals surface area contributed by atoms with Crippen molar-refractivity contribution >= 4 is 5.78 Å². The van der Waals surface area contributed by atoms with E-state index >= 15 is 0 Å². The molecule has 0 aliphatic heterocycles. The minimum absolute atomic E-state index is 0.204. The zero-order chi connectivity index (χ0) is 21.2. The molecule has 0 amide bonds. The Morgan fingerprint density at radius 1 is 0.966 bits per heavy atom. The lowest BCUT2D eigenvalue weighted by Gasteiger charge is -2.11. The molecule has 0 unspecified atom stereocenters. The maximum Gasteiger partial charge on any atom is 0.416 e. The van der Waals surface area contributed by atoms with E-state index in [4.69, 9.17) is 9.47 Å². The molecular formula is C22H20F3NO3.